The summed E-state index contributed by atoms with van der Waals surface area (Å²) in [6.45, 7) is 1.97. The van der Waals surface area contributed by atoms with Crippen LogP contribution in [-0.4, -0.2) is 50.7 Å². The van der Waals surface area contributed by atoms with Crippen LogP contribution in [0.2, 0.25) is 0 Å². The van der Waals surface area contributed by atoms with Crippen LogP contribution in [0.3, 0.4) is 0 Å². The molecule has 0 aliphatic carbocycles. The van der Waals surface area contributed by atoms with E-state index in [0.29, 0.717) is 12.6 Å². The highest BCUT2D eigenvalue weighted by Crippen LogP contribution is 2.02. The van der Waals surface area contributed by atoms with Crippen LogP contribution in [-0.2, 0) is 9.53 Å². The van der Waals surface area contributed by atoms with Crippen molar-refractivity contribution in [3.8, 4) is 0 Å². The van der Waals surface area contributed by atoms with E-state index in [2.05, 4.69) is 5.32 Å². The van der Waals surface area contributed by atoms with Gasteiger partial charge in [0, 0.05) is 26.7 Å². The molecule has 70 valence electrons. The zero-order valence-corrected chi connectivity index (χ0v) is 7.67. The van der Waals surface area contributed by atoms with Gasteiger partial charge in [0.15, 0.2) is 0 Å². The van der Waals surface area contributed by atoms with Crippen molar-refractivity contribution in [3.63, 3.8) is 0 Å². The van der Waals surface area contributed by atoms with E-state index in [4.69, 9.17) is 4.74 Å². The molecule has 0 spiro atoms. The molecule has 1 rings (SSSR count). The van der Waals surface area contributed by atoms with Crippen LogP contribution in [0.4, 0.5) is 0 Å². The highest BCUT2D eigenvalue weighted by atomic mass is 16.5. The molecular weight excluding hydrogens is 156 g/mol. The Morgan fingerprint density at radius 1 is 1.67 bits per heavy atom. The second-order valence-corrected chi connectivity index (χ2v) is 3.23. The molecule has 0 aromatic carbocycles. The lowest BCUT2D eigenvalue weighted by Gasteiger charge is -2.13. The van der Waals surface area contributed by atoms with Crippen LogP contribution in [0.1, 0.15) is 6.42 Å². The first-order valence-corrected chi connectivity index (χ1v) is 4.21. The third-order valence-corrected chi connectivity index (χ3v) is 1.97. The minimum absolute atomic E-state index is 0.113. The summed E-state index contributed by atoms with van der Waals surface area (Å²) in [6, 6.07) is 0.369. The monoisotopic (exact) mass is 172 g/mol. The maximum Gasteiger partial charge on any atom is 0.236 e. The Kier molecular flexibility index (Phi) is 3.49. The Labute approximate surface area is 72.9 Å². The molecule has 1 unspecified atom stereocenters. The lowest BCUT2D eigenvalue weighted by atomic mass is 10.2. The minimum Gasteiger partial charge on any atom is -0.380 e. The predicted molar refractivity (Wildman–Crippen MR) is 45.9 cm³/mol. The Hall–Kier alpha value is -0.610. The van der Waals surface area contributed by atoms with Gasteiger partial charge in [-0.25, -0.2) is 0 Å². The molecule has 1 aliphatic heterocycles. The standard InChI is InChI=1S/C8H16N2O2/c1-10(2)8(11)5-9-7-3-4-12-6-7/h7,9H,3-6H2,1-2H3. The maximum atomic E-state index is 11.1. The summed E-state index contributed by atoms with van der Waals surface area (Å²) in [7, 11) is 3.52. The molecule has 0 aromatic rings. The molecule has 1 saturated heterocycles. The van der Waals surface area contributed by atoms with Crippen molar-refractivity contribution in [1.82, 2.24) is 10.2 Å². The highest BCUT2D eigenvalue weighted by Gasteiger charge is 2.15. The second-order valence-electron chi connectivity index (χ2n) is 3.23. The van der Waals surface area contributed by atoms with Crippen LogP contribution in [0.15, 0.2) is 0 Å². The zero-order chi connectivity index (χ0) is 8.97. The van der Waals surface area contributed by atoms with Gasteiger partial charge in [0.05, 0.1) is 13.2 Å². The van der Waals surface area contributed by atoms with Crippen molar-refractivity contribution < 1.29 is 9.53 Å². The number of hydrogen-bond donors (Lipinski definition) is 1. The fourth-order valence-electron chi connectivity index (χ4n) is 1.09. The van der Waals surface area contributed by atoms with E-state index >= 15 is 0 Å². The van der Waals surface area contributed by atoms with E-state index in [1.54, 1.807) is 19.0 Å². The highest BCUT2D eigenvalue weighted by molar-refractivity contribution is 5.77. The SMILES string of the molecule is CN(C)C(=O)CNC1CCOC1. The van der Waals surface area contributed by atoms with Crippen LogP contribution in [0, 0.1) is 0 Å². The van der Waals surface area contributed by atoms with E-state index in [9.17, 15) is 4.79 Å². The molecule has 1 N–H and O–H groups in total. The van der Waals surface area contributed by atoms with E-state index in [0.717, 1.165) is 19.6 Å². The second kappa shape index (κ2) is 4.42. The number of carbonyl (C=O) groups excluding carboxylic acids is 1. The lowest BCUT2D eigenvalue weighted by Crippen LogP contribution is -2.38. The minimum atomic E-state index is 0.113. The number of rotatable bonds is 3. The van der Waals surface area contributed by atoms with Gasteiger partial charge in [0.25, 0.3) is 0 Å². The Balaban J connectivity index is 2.12. The van der Waals surface area contributed by atoms with Gasteiger partial charge in [0.1, 0.15) is 0 Å². The molecule has 1 fully saturated rings. The normalized spacial score (nSPS) is 22.7. The summed E-state index contributed by atoms with van der Waals surface area (Å²) < 4.78 is 5.16. The summed E-state index contributed by atoms with van der Waals surface area (Å²) in [4.78, 5) is 12.7. The van der Waals surface area contributed by atoms with Crippen molar-refractivity contribution in [1.29, 1.82) is 0 Å². The molecule has 12 heavy (non-hydrogen) atoms. The Bertz CT molecular complexity index is 153. The van der Waals surface area contributed by atoms with E-state index < -0.39 is 0 Å². The van der Waals surface area contributed by atoms with Crippen LogP contribution in [0.25, 0.3) is 0 Å². The number of nitrogens with one attached hydrogen (secondary N) is 1. The molecule has 0 aromatic heterocycles. The van der Waals surface area contributed by atoms with Gasteiger partial charge in [-0.3, -0.25) is 4.79 Å². The average molecular weight is 172 g/mol. The number of carbonyl (C=O) groups is 1. The van der Waals surface area contributed by atoms with Crippen molar-refractivity contribution in [3.05, 3.63) is 0 Å². The van der Waals surface area contributed by atoms with Gasteiger partial charge in [-0.1, -0.05) is 0 Å². The quantitative estimate of drug-likeness (QED) is 0.621. The molecule has 0 radical (unpaired) electrons. The first-order chi connectivity index (χ1) is 5.70. The fourth-order valence-corrected chi connectivity index (χ4v) is 1.09. The van der Waals surface area contributed by atoms with Gasteiger partial charge < -0.3 is 15.0 Å². The summed E-state index contributed by atoms with van der Waals surface area (Å²) in [5.74, 6) is 0.113. The molecule has 4 nitrogen and oxygen atoms in total. The Morgan fingerprint density at radius 2 is 2.42 bits per heavy atom. The van der Waals surface area contributed by atoms with Crippen molar-refractivity contribution in [2.75, 3.05) is 33.9 Å². The fraction of sp³-hybridized carbons (Fsp3) is 0.875. The number of hydrogen-bond acceptors (Lipinski definition) is 3. The third-order valence-electron chi connectivity index (χ3n) is 1.97. The molecule has 1 amide bonds. The summed E-state index contributed by atoms with van der Waals surface area (Å²) in [6.07, 6.45) is 1.01. The summed E-state index contributed by atoms with van der Waals surface area (Å²) in [5, 5.41) is 3.15. The van der Waals surface area contributed by atoms with Crippen LogP contribution >= 0.6 is 0 Å². The van der Waals surface area contributed by atoms with Crippen molar-refractivity contribution in [2.45, 2.75) is 12.5 Å². The molecule has 1 heterocycles. The van der Waals surface area contributed by atoms with Gasteiger partial charge in [-0.2, -0.15) is 0 Å². The molecule has 1 atom stereocenters. The topological polar surface area (TPSA) is 41.6 Å². The Morgan fingerprint density at radius 3 is 2.92 bits per heavy atom. The molecule has 1 aliphatic rings. The molecule has 0 bridgehead atoms. The first-order valence-electron chi connectivity index (χ1n) is 4.21. The first kappa shape index (κ1) is 9.48. The lowest BCUT2D eigenvalue weighted by molar-refractivity contribution is -0.127. The summed E-state index contributed by atoms with van der Waals surface area (Å²) in [5.41, 5.74) is 0. The number of ether oxygens (including phenoxy) is 1. The number of nitrogens with zero attached hydrogens (tertiary/aromatic N) is 1. The van der Waals surface area contributed by atoms with Crippen LogP contribution < -0.4 is 5.32 Å². The van der Waals surface area contributed by atoms with E-state index in [1.165, 1.54) is 0 Å². The number of likely N-dealkylation sites (N-methyl/N-ethyl adjacent to an activating group) is 1. The van der Waals surface area contributed by atoms with Gasteiger partial charge in [0.2, 0.25) is 5.91 Å². The van der Waals surface area contributed by atoms with Gasteiger partial charge >= 0.3 is 0 Å². The smallest absolute Gasteiger partial charge is 0.236 e. The zero-order valence-electron chi connectivity index (χ0n) is 7.67. The molecule has 0 saturated carbocycles. The van der Waals surface area contributed by atoms with Crippen molar-refractivity contribution >= 4 is 5.91 Å². The predicted octanol–water partition coefficient (Wildman–Crippen LogP) is -0.547. The van der Waals surface area contributed by atoms with Gasteiger partial charge in [-0.15, -0.1) is 0 Å². The maximum absolute atomic E-state index is 11.1. The van der Waals surface area contributed by atoms with E-state index in [1.807, 2.05) is 0 Å². The average Bonchev–Trinajstić information content (AvgIpc) is 2.51. The van der Waals surface area contributed by atoms with E-state index in [-0.39, 0.29) is 5.91 Å². The third kappa shape index (κ3) is 2.79. The number of amides is 1. The molecule has 4 heteroatoms. The van der Waals surface area contributed by atoms with Crippen molar-refractivity contribution in [2.24, 2.45) is 0 Å². The summed E-state index contributed by atoms with van der Waals surface area (Å²) >= 11 is 0. The molecular formula is C8H16N2O2. The van der Waals surface area contributed by atoms with Gasteiger partial charge in [-0.05, 0) is 6.42 Å². The van der Waals surface area contributed by atoms with Crippen LogP contribution in [0.5, 0.6) is 0 Å². The largest absolute Gasteiger partial charge is 0.380 e.